The van der Waals surface area contributed by atoms with Gasteiger partial charge in [0.15, 0.2) is 0 Å². The highest BCUT2D eigenvalue weighted by Gasteiger charge is 2.28. The number of nitrogens with one attached hydrogen (secondary N) is 2. The molecule has 0 spiro atoms. The molecule has 1 saturated heterocycles. The molecule has 2 N–H and O–H groups in total. The number of carbonyl (C=O) groups is 1. The molecule has 3 nitrogen and oxygen atoms in total. The zero-order chi connectivity index (χ0) is 14.7. The lowest BCUT2D eigenvalue weighted by molar-refractivity contribution is -0.125. The molecule has 1 heterocycles. The van der Waals surface area contributed by atoms with Crippen molar-refractivity contribution in [1.82, 2.24) is 10.6 Å². The van der Waals surface area contributed by atoms with Crippen molar-refractivity contribution >= 4 is 5.91 Å². The first-order valence-electron chi connectivity index (χ1n) is 7.37. The average molecular weight is 280 g/mol. The third-order valence-electron chi connectivity index (χ3n) is 4.09. The summed E-state index contributed by atoms with van der Waals surface area (Å²) in [6.07, 6.45) is 0.724. The second kappa shape index (κ2) is 6.10. The lowest BCUT2D eigenvalue weighted by atomic mass is 9.96. The monoisotopic (exact) mass is 280 g/mol. The zero-order valence-electron chi connectivity index (χ0n) is 12.2. The van der Waals surface area contributed by atoms with Crippen molar-refractivity contribution in [3.8, 4) is 0 Å². The van der Waals surface area contributed by atoms with Crippen molar-refractivity contribution in [2.75, 3.05) is 6.54 Å². The Hall–Kier alpha value is -2.13. The molecular weight excluding hydrogens is 260 g/mol. The SMILES string of the molecule is Cc1ccccc1CC1NC(c2ccccc2)CNC1=O. The minimum Gasteiger partial charge on any atom is -0.353 e. The smallest absolute Gasteiger partial charge is 0.237 e. The lowest BCUT2D eigenvalue weighted by Crippen LogP contribution is -2.55. The summed E-state index contributed by atoms with van der Waals surface area (Å²) < 4.78 is 0. The van der Waals surface area contributed by atoms with E-state index in [4.69, 9.17) is 0 Å². The van der Waals surface area contributed by atoms with E-state index in [1.165, 1.54) is 16.7 Å². The van der Waals surface area contributed by atoms with Gasteiger partial charge in [0, 0.05) is 6.54 Å². The highest BCUT2D eigenvalue weighted by molar-refractivity contribution is 5.83. The molecule has 0 saturated carbocycles. The zero-order valence-corrected chi connectivity index (χ0v) is 12.2. The van der Waals surface area contributed by atoms with Crippen LogP contribution in [0.2, 0.25) is 0 Å². The molecule has 2 aromatic rings. The number of aryl methyl sites for hydroxylation is 1. The summed E-state index contributed by atoms with van der Waals surface area (Å²) in [7, 11) is 0. The maximum atomic E-state index is 12.1. The molecule has 0 aliphatic carbocycles. The van der Waals surface area contributed by atoms with Crippen molar-refractivity contribution in [3.63, 3.8) is 0 Å². The number of rotatable bonds is 3. The van der Waals surface area contributed by atoms with E-state index in [2.05, 4.69) is 41.8 Å². The van der Waals surface area contributed by atoms with Crippen LogP contribution >= 0.6 is 0 Å². The van der Waals surface area contributed by atoms with Crippen LogP contribution in [0.3, 0.4) is 0 Å². The van der Waals surface area contributed by atoms with E-state index in [1.54, 1.807) is 0 Å². The Labute approximate surface area is 125 Å². The van der Waals surface area contributed by atoms with E-state index in [0.717, 1.165) is 6.42 Å². The number of benzene rings is 2. The first-order valence-corrected chi connectivity index (χ1v) is 7.37. The molecule has 108 valence electrons. The fourth-order valence-electron chi connectivity index (χ4n) is 2.81. The van der Waals surface area contributed by atoms with E-state index in [-0.39, 0.29) is 18.0 Å². The van der Waals surface area contributed by atoms with Gasteiger partial charge >= 0.3 is 0 Å². The van der Waals surface area contributed by atoms with Gasteiger partial charge < -0.3 is 5.32 Å². The predicted octanol–water partition coefficient (Wildman–Crippen LogP) is 2.37. The Bertz CT molecular complexity index is 624. The Morgan fingerprint density at radius 3 is 2.52 bits per heavy atom. The molecule has 0 radical (unpaired) electrons. The Balaban J connectivity index is 1.75. The first-order chi connectivity index (χ1) is 10.2. The summed E-state index contributed by atoms with van der Waals surface area (Å²) in [6, 6.07) is 18.5. The van der Waals surface area contributed by atoms with Crippen LogP contribution in [0.4, 0.5) is 0 Å². The van der Waals surface area contributed by atoms with Crippen molar-refractivity contribution in [2.45, 2.75) is 25.4 Å². The maximum absolute atomic E-state index is 12.1. The molecule has 2 unspecified atom stereocenters. The van der Waals surface area contributed by atoms with Gasteiger partial charge in [-0.15, -0.1) is 0 Å². The van der Waals surface area contributed by atoms with E-state index in [1.807, 2.05) is 30.3 Å². The summed E-state index contributed by atoms with van der Waals surface area (Å²) in [5.74, 6) is 0.0884. The quantitative estimate of drug-likeness (QED) is 0.906. The summed E-state index contributed by atoms with van der Waals surface area (Å²) >= 11 is 0. The molecule has 1 aliphatic rings. The summed E-state index contributed by atoms with van der Waals surface area (Å²) in [5.41, 5.74) is 3.67. The van der Waals surface area contributed by atoms with Gasteiger partial charge in [0.2, 0.25) is 5.91 Å². The average Bonchev–Trinajstić information content (AvgIpc) is 2.52. The number of piperazine rings is 1. The van der Waals surface area contributed by atoms with Crippen LogP contribution in [0.25, 0.3) is 0 Å². The molecule has 2 aromatic carbocycles. The van der Waals surface area contributed by atoms with E-state index >= 15 is 0 Å². The van der Waals surface area contributed by atoms with Crippen LogP contribution in [-0.2, 0) is 11.2 Å². The Morgan fingerprint density at radius 1 is 1.05 bits per heavy atom. The molecule has 2 atom stereocenters. The van der Waals surface area contributed by atoms with Gasteiger partial charge in [-0.2, -0.15) is 0 Å². The van der Waals surface area contributed by atoms with E-state index in [0.29, 0.717) is 6.54 Å². The number of hydrogen-bond acceptors (Lipinski definition) is 2. The van der Waals surface area contributed by atoms with Crippen LogP contribution in [0.1, 0.15) is 22.7 Å². The lowest BCUT2D eigenvalue weighted by Gasteiger charge is -2.31. The second-order valence-corrected chi connectivity index (χ2v) is 5.56. The fraction of sp³-hybridized carbons (Fsp3) is 0.278. The highest BCUT2D eigenvalue weighted by atomic mass is 16.2. The van der Waals surface area contributed by atoms with Gasteiger partial charge in [-0.05, 0) is 30.0 Å². The molecule has 0 aromatic heterocycles. The number of hydrogen-bond donors (Lipinski definition) is 2. The molecule has 3 rings (SSSR count). The minimum atomic E-state index is -0.176. The van der Waals surface area contributed by atoms with E-state index < -0.39 is 0 Å². The standard InChI is InChI=1S/C18H20N2O/c1-13-7-5-6-10-15(13)11-16-18(21)19-12-17(20-16)14-8-3-2-4-9-14/h2-10,16-17,20H,11-12H2,1H3,(H,19,21). The van der Waals surface area contributed by atoms with Gasteiger partial charge in [0.25, 0.3) is 0 Å². The largest absolute Gasteiger partial charge is 0.353 e. The van der Waals surface area contributed by atoms with Crippen molar-refractivity contribution < 1.29 is 4.79 Å². The van der Waals surface area contributed by atoms with Crippen molar-refractivity contribution in [3.05, 3.63) is 71.3 Å². The van der Waals surface area contributed by atoms with Gasteiger partial charge in [-0.1, -0.05) is 54.6 Å². The second-order valence-electron chi connectivity index (χ2n) is 5.56. The predicted molar refractivity (Wildman–Crippen MR) is 84.0 cm³/mol. The first kappa shape index (κ1) is 13.8. The Kier molecular flexibility index (Phi) is 4.02. The number of carbonyl (C=O) groups excluding carboxylic acids is 1. The van der Waals surface area contributed by atoms with Gasteiger partial charge in [0.05, 0.1) is 12.1 Å². The molecule has 1 aliphatic heterocycles. The van der Waals surface area contributed by atoms with Crippen molar-refractivity contribution in [2.24, 2.45) is 0 Å². The maximum Gasteiger partial charge on any atom is 0.237 e. The normalized spacial score (nSPS) is 21.9. The molecule has 0 bridgehead atoms. The van der Waals surface area contributed by atoms with Gasteiger partial charge in [-0.3, -0.25) is 10.1 Å². The van der Waals surface area contributed by atoms with Crippen LogP contribution in [0, 0.1) is 6.92 Å². The molecular formula is C18H20N2O. The minimum absolute atomic E-state index is 0.0884. The summed E-state index contributed by atoms with van der Waals surface area (Å²) in [6.45, 7) is 2.73. The van der Waals surface area contributed by atoms with E-state index in [9.17, 15) is 4.79 Å². The summed E-state index contributed by atoms with van der Waals surface area (Å²) in [4.78, 5) is 12.1. The molecule has 1 amide bonds. The summed E-state index contributed by atoms with van der Waals surface area (Å²) in [5, 5.41) is 6.50. The van der Waals surface area contributed by atoms with Crippen LogP contribution < -0.4 is 10.6 Å². The fourth-order valence-corrected chi connectivity index (χ4v) is 2.81. The van der Waals surface area contributed by atoms with Gasteiger partial charge in [-0.25, -0.2) is 0 Å². The molecule has 3 heteroatoms. The molecule has 21 heavy (non-hydrogen) atoms. The highest BCUT2D eigenvalue weighted by Crippen LogP contribution is 2.18. The van der Waals surface area contributed by atoms with Crippen molar-refractivity contribution in [1.29, 1.82) is 0 Å². The van der Waals surface area contributed by atoms with Crippen LogP contribution in [-0.4, -0.2) is 18.5 Å². The third kappa shape index (κ3) is 3.14. The van der Waals surface area contributed by atoms with Crippen LogP contribution in [0.5, 0.6) is 0 Å². The van der Waals surface area contributed by atoms with Gasteiger partial charge in [0.1, 0.15) is 0 Å². The molecule has 1 fully saturated rings. The third-order valence-corrected chi connectivity index (χ3v) is 4.09. The number of amides is 1. The Morgan fingerprint density at radius 2 is 1.76 bits per heavy atom. The topological polar surface area (TPSA) is 41.1 Å². The van der Waals surface area contributed by atoms with Crippen LogP contribution in [0.15, 0.2) is 54.6 Å².